The first-order valence-corrected chi connectivity index (χ1v) is 2.22. The number of halogens is 1. The Bertz CT molecular complexity index is 99.9. The standard InChI is InChI=1S/C3H5ClN2O2/c4-3(8)6-1-2(5)7/h1H2,(H2,5,7)(H,6,8). The lowest BCUT2D eigenvalue weighted by Crippen LogP contribution is -2.29. The highest BCUT2D eigenvalue weighted by molar-refractivity contribution is 6.63. The van der Waals surface area contributed by atoms with Gasteiger partial charge in [-0.15, -0.1) is 0 Å². The van der Waals surface area contributed by atoms with Crippen LogP contribution in [0.3, 0.4) is 0 Å². The minimum Gasteiger partial charge on any atom is -0.368 e. The van der Waals surface area contributed by atoms with E-state index < -0.39 is 11.3 Å². The summed E-state index contributed by atoms with van der Waals surface area (Å²) in [6.07, 6.45) is 0. The molecular formula is C3H5ClN2O2. The number of nitrogens with two attached hydrogens (primary N) is 1. The van der Waals surface area contributed by atoms with Crippen molar-refractivity contribution in [3.63, 3.8) is 0 Å². The fourth-order valence-electron chi connectivity index (χ4n) is 0.157. The number of primary amides is 1. The van der Waals surface area contributed by atoms with Gasteiger partial charge in [-0.3, -0.25) is 9.59 Å². The van der Waals surface area contributed by atoms with E-state index in [1.165, 1.54) is 0 Å². The van der Waals surface area contributed by atoms with Crippen molar-refractivity contribution in [2.75, 3.05) is 6.54 Å². The quantitative estimate of drug-likeness (QED) is 0.394. The Morgan fingerprint density at radius 1 is 1.62 bits per heavy atom. The Morgan fingerprint density at radius 2 is 2.12 bits per heavy atom. The highest BCUT2D eigenvalue weighted by atomic mass is 35.5. The van der Waals surface area contributed by atoms with Crippen LogP contribution in [-0.2, 0) is 4.79 Å². The summed E-state index contributed by atoms with van der Waals surface area (Å²) in [5, 5.41) is 1.22. The summed E-state index contributed by atoms with van der Waals surface area (Å²) in [7, 11) is 0. The lowest BCUT2D eigenvalue weighted by atomic mass is 10.6. The molecule has 0 aromatic carbocycles. The summed E-state index contributed by atoms with van der Waals surface area (Å²) >= 11 is 4.76. The average molecular weight is 137 g/mol. The molecule has 8 heavy (non-hydrogen) atoms. The molecule has 0 saturated heterocycles. The van der Waals surface area contributed by atoms with E-state index in [0.717, 1.165) is 0 Å². The Balaban J connectivity index is 3.18. The predicted octanol–water partition coefficient (Wildman–Crippen LogP) is -0.580. The third-order valence-corrected chi connectivity index (χ3v) is 0.535. The van der Waals surface area contributed by atoms with Gasteiger partial charge in [0, 0.05) is 0 Å². The van der Waals surface area contributed by atoms with E-state index >= 15 is 0 Å². The molecule has 46 valence electrons. The van der Waals surface area contributed by atoms with Crippen LogP contribution >= 0.6 is 11.6 Å². The normalized spacial score (nSPS) is 8.12. The van der Waals surface area contributed by atoms with Gasteiger partial charge in [0.25, 0.3) is 0 Å². The van der Waals surface area contributed by atoms with Gasteiger partial charge in [-0.2, -0.15) is 0 Å². The Morgan fingerprint density at radius 3 is 2.25 bits per heavy atom. The second-order valence-corrected chi connectivity index (χ2v) is 1.44. The predicted molar refractivity (Wildman–Crippen MR) is 28.4 cm³/mol. The lowest BCUT2D eigenvalue weighted by molar-refractivity contribution is -0.117. The summed E-state index contributed by atoms with van der Waals surface area (Å²) < 4.78 is 0. The molecule has 0 bridgehead atoms. The van der Waals surface area contributed by atoms with Gasteiger partial charge in [-0.25, -0.2) is 0 Å². The number of hydrogen-bond donors (Lipinski definition) is 2. The monoisotopic (exact) mass is 136 g/mol. The number of nitrogens with one attached hydrogen (secondary N) is 1. The van der Waals surface area contributed by atoms with Crippen molar-refractivity contribution in [2.45, 2.75) is 0 Å². The Labute approximate surface area is 51.0 Å². The number of carbonyl (C=O) groups excluding carboxylic acids is 2. The Kier molecular flexibility index (Phi) is 2.95. The maximum Gasteiger partial charge on any atom is 0.314 e. The van der Waals surface area contributed by atoms with Crippen LogP contribution < -0.4 is 11.1 Å². The molecule has 2 amide bonds. The van der Waals surface area contributed by atoms with E-state index in [4.69, 9.17) is 11.6 Å². The molecule has 0 spiro atoms. The minimum absolute atomic E-state index is 0.206. The molecule has 0 aromatic rings. The number of amides is 2. The smallest absolute Gasteiger partial charge is 0.314 e. The largest absolute Gasteiger partial charge is 0.368 e. The van der Waals surface area contributed by atoms with Crippen LogP contribution in [0.1, 0.15) is 0 Å². The van der Waals surface area contributed by atoms with E-state index in [0.29, 0.717) is 0 Å². The zero-order valence-electron chi connectivity index (χ0n) is 3.98. The molecule has 0 aliphatic carbocycles. The molecule has 0 rings (SSSR count). The molecule has 0 aliphatic rings. The fraction of sp³-hybridized carbons (Fsp3) is 0.333. The zero-order chi connectivity index (χ0) is 6.57. The fourth-order valence-corrected chi connectivity index (χ4v) is 0.223. The molecule has 0 fully saturated rings. The second kappa shape index (κ2) is 3.26. The summed E-state index contributed by atoms with van der Waals surface area (Å²) in [5.74, 6) is -0.612. The van der Waals surface area contributed by atoms with Gasteiger partial charge >= 0.3 is 5.37 Å². The topological polar surface area (TPSA) is 72.2 Å². The van der Waals surface area contributed by atoms with Crippen LogP contribution in [0.2, 0.25) is 0 Å². The molecule has 0 aliphatic heterocycles. The van der Waals surface area contributed by atoms with Crippen LogP contribution in [0.5, 0.6) is 0 Å². The molecule has 0 radical (unpaired) electrons. The zero-order valence-corrected chi connectivity index (χ0v) is 4.73. The number of carbonyl (C=O) groups is 2. The summed E-state index contributed by atoms with van der Waals surface area (Å²) in [6, 6.07) is 0. The van der Waals surface area contributed by atoms with Crippen LogP contribution in [0, 0.1) is 0 Å². The maximum atomic E-state index is 9.85. The van der Waals surface area contributed by atoms with E-state index in [2.05, 4.69) is 5.73 Å². The minimum atomic E-state index is -0.774. The number of hydrogen-bond acceptors (Lipinski definition) is 2. The first kappa shape index (κ1) is 7.23. The molecule has 0 atom stereocenters. The molecule has 4 nitrogen and oxygen atoms in total. The van der Waals surface area contributed by atoms with E-state index in [1.54, 1.807) is 0 Å². The van der Waals surface area contributed by atoms with Crippen molar-refractivity contribution in [1.82, 2.24) is 5.32 Å². The van der Waals surface area contributed by atoms with Gasteiger partial charge in [0.15, 0.2) is 0 Å². The average Bonchev–Trinajstić information content (AvgIpc) is 1.61. The molecule has 0 saturated carbocycles. The Hall–Kier alpha value is -0.770. The van der Waals surface area contributed by atoms with Crippen molar-refractivity contribution in [2.24, 2.45) is 5.73 Å². The van der Waals surface area contributed by atoms with Gasteiger partial charge in [0.05, 0.1) is 6.54 Å². The number of rotatable bonds is 2. The van der Waals surface area contributed by atoms with Gasteiger partial charge in [0.1, 0.15) is 0 Å². The van der Waals surface area contributed by atoms with Crippen molar-refractivity contribution in [3.05, 3.63) is 0 Å². The third kappa shape index (κ3) is 5.23. The molecule has 0 heterocycles. The third-order valence-electron chi connectivity index (χ3n) is 0.402. The van der Waals surface area contributed by atoms with E-state index in [1.807, 2.05) is 5.32 Å². The highest BCUT2D eigenvalue weighted by Gasteiger charge is 1.94. The lowest BCUT2D eigenvalue weighted by Gasteiger charge is -1.91. The first-order chi connectivity index (χ1) is 3.63. The van der Waals surface area contributed by atoms with Crippen molar-refractivity contribution in [3.8, 4) is 0 Å². The maximum absolute atomic E-state index is 9.85. The molecule has 5 heteroatoms. The van der Waals surface area contributed by atoms with Gasteiger partial charge < -0.3 is 11.1 Å². The van der Waals surface area contributed by atoms with Crippen LogP contribution in [0.4, 0.5) is 4.79 Å². The summed E-state index contributed by atoms with van der Waals surface area (Å²) in [6.45, 7) is -0.206. The molecule has 3 N–H and O–H groups in total. The highest BCUT2D eigenvalue weighted by Crippen LogP contribution is 1.72. The summed E-state index contributed by atoms with van der Waals surface area (Å²) in [5.41, 5.74) is 4.63. The second-order valence-electron chi connectivity index (χ2n) is 1.09. The molecular weight excluding hydrogens is 131 g/mol. The SMILES string of the molecule is NC(=O)CNC(=O)Cl. The van der Waals surface area contributed by atoms with Crippen LogP contribution in [-0.4, -0.2) is 17.8 Å². The van der Waals surface area contributed by atoms with Gasteiger partial charge in [-0.05, 0) is 11.6 Å². The molecule has 0 unspecified atom stereocenters. The van der Waals surface area contributed by atoms with Crippen molar-refractivity contribution in [1.29, 1.82) is 0 Å². The van der Waals surface area contributed by atoms with Crippen molar-refractivity contribution >= 4 is 22.9 Å². The van der Waals surface area contributed by atoms with Crippen LogP contribution in [0.15, 0.2) is 0 Å². The van der Waals surface area contributed by atoms with Gasteiger partial charge in [-0.1, -0.05) is 0 Å². The van der Waals surface area contributed by atoms with E-state index in [-0.39, 0.29) is 6.54 Å². The summed E-state index contributed by atoms with van der Waals surface area (Å²) in [4.78, 5) is 19.6. The van der Waals surface area contributed by atoms with Gasteiger partial charge in [0.2, 0.25) is 5.91 Å². The van der Waals surface area contributed by atoms with Crippen LogP contribution in [0.25, 0.3) is 0 Å². The van der Waals surface area contributed by atoms with Crippen molar-refractivity contribution < 1.29 is 9.59 Å². The first-order valence-electron chi connectivity index (χ1n) is 1.84. The molecule has 0 aromatic heterocycles. The van der Waals surface area contributed by atoms with E-state index in [9.17, 15) is 9.59 Å².